The van der Waals surface area contributed by atoms with Crippen molar-refractivity contribution in [1.82, 2.24) is 15.0 Å². The molecule has 4 rings (SSSR count). The number of halogens is 2. The van der Waals surface area contributed by atoms with Crippen LogP contribution in [0.25, 0.3) is 28.3 Å². The maximum absolute atomic E-state index is 13.4. The number of hydrogen-bond acceptors (Lipinski definition) is 3. The van der Waals surface area contributed by atoms with Crippen LogP contribution in [-0.4, -0.2) is 22.1 Å². The lowest BCUT2D eigenvalue weighted by atomic mass is 10.1. The van der Waals surface area contributed by atoms with E-state index < -0.39 is 5.91 Å². The number of rotatable bonds is 7. The molecule has 0 unspecified atom stereocenters. The first-order valence-corrected chi connectivity index (χ1v) is 12.1. The lowest BCUT2D eigenvalue weighted by molar-refractivity contribution is 0.0205. The monoisotopic (exact) mass is 507 g/mol. The molecule has 180 valence electrons. The summed E-state index contributed by atoms with van der Waals surface area (Å²) in [6.45, 7) is 8.43. The molecule has 3 aromatic carbocycles. The number of carbonyl (C=O) groups excluding carboxylic acids is 1. The number of hydroxylamine groups is 1. The molecule has 0 aliphatic rings. The fraction of sp³-hybridized carbons (Fsp3) is 0.214. The van der Waals surface area contributed by atoms with E-state index >= 15 is 0 Å². The Morgan fingerprint density at radius 2 is 1.69 bits per heavy atom. The van der Waals surface area contributed by atoms with Gasteiger partial charge in [-0.3, -0.25) is 14.2 Å². The van der Waals surface area contributed by atoms with Crippen LogP contribution in [0.15, 0.2) is 66.7 Å². The highest BCUT2D eigenvalue weighted by Gasteiger charge is 2.27. The van der Waals surface area contributed by atoms with Crippen molar-refractivity contribution in [3.63, 3.8) is 0 Å². The largest absolute Gasteiger partial charge is 0.295 e. The summed E-state index contributed by atoms with van der Waals surface area (Å²) >= 11 is 12.8. The molecule has 5 nitrogen and oxygen atoms in total. The van der Waals surface area contributed by atoms with Gasteiger partial charge in [0.2, 0.25) is 0 Å². The zero-order chi connectivity index (χ0) is 25.1. The number of nitrogens with zero attached hydrogens (tertiary/aromatic N) is 2. The third kappa shape index (κ3) is 5.59. The van der Waals surface area contributed by atoms with E-state index in [0.29, 0.717) is 28.2 Å². The molecule has 0 radical (unpaired) electrons. The summed E-state index contributed by atoms with van der Waals surface area (Å²) in [6.07, 6.45) is 0. The summed E-state index contributed by atoms with van der Waals surface area (Å²) in [7, 11) is 0. The zero-order valence-electron chi connectivity index (χ0n) is 20.1. The molecule has 1 amide bonds. The van der Waals surface area contributed by atoms with Gasteiger partial charge in [-0.2, -0.15) is 0 Å². The van der Waals surface area contributed by atoms with Crippen LogP contribution in [0, 0.1) is 19.8 Å². The molecule has 0 saturated heterocycles. The summed E-state index contributed by atoms with van der Waals surface area (Å²) < 4.78 is 1.97. The topological polar surface area (TPSA) is 56.1 Å². The van der Waals surface area contributed by atoms with Crippen molar-refractivity contribution in [3.8, 4) is 28.3 Å². The minimum atomic E-state index is -0.437. The minimum Gasteiger partial charge on any atom is -0.291 e. The Hall–Kier alpha value is -3.12. The lowest BCUT2D eigenvalue weighted by Crippen LogP contribution is -2.26. The van der Waals surface area contributed by atoms with Crippen LogP contribution in [0.1, 0.15) is 35.5 Å². The summed E-state index contributed by atoms with van der Waals surface area (Å²) in [6, 6.07) is 21.1. The predicted octanol–water partition coefficient (Wildman–Crippen LogP) is 7.45. The predicted molar refractivity (Wildman–Crippen MR) is 142 cm³/mol. The van der Waals surface area contributed by atoms with Gasteiger partial charge in [-0.05, 0) is 55.7 Å². The average Bonchev–Trinajstić information content (AvgIpc) is 3.21. The van der Waals surface area contributed by atoms with Crippen molar-refractivity contribution in [2.75, 3.05) is 6.61 Å². The van der Waals surface area contributed by atoms with E-state index in [2.05, 4.69) is 5.48 Å². The van der Waals surface area contributed by atoms with Gasteiger partial charge in [-0.1, -0.05) is 79.0 Å². The molecular weight excluding hydrogens is 481 g/mol. The van der Waals surface area contributed by atoms with E-state index in [1.165, 1.54) is 0 Å². The maximum atomic E-state index is 13.4. The molecule has 0 aliphatic heterocycles. The fourth-order valence-corrected chi connectivity index (χ4v) is 4.20. The molecule has 0 spiro atoms. The van der Waals surface area contributed by atoms with Crippen molar-refractivity contribution < 1.29 is 9.63 Å². The van der Waals surface area contributed by atoms with Gasteiger partial charge < -0.3 is 0 Å². The van der Waals surface area contributed by atoms with Crippen LogP contribution in [0.5, 0.6) is 0 Å². The van der Waals surface area contributed by atoms with Gasteiger partial charge in [-0.25, -0.2) is 10.5 Å². The highest BCUT2D eigenvalue weighted by Crippen LogP contribution is 2.36. The Morgan fingerprint density at radius 1 is 0.971 bits per heavy atom. The van der Waals surface area contributed by atoms with Gasteiger partial charge in [-0.15, -0.1) is 0 Å². The number of aromatic nitrogens is 2. The Morgan fingerprint density at radius 3 is 2.40 bits per heavy atom. The van der Waals surface area contributed by atoms with Crippen LogP contribution in [0.4, 0.5) is 0 Å². The average molecular weight is 508 g/mol. The Balaban J connectivity index is 2.03. The normalized spacial score (nSPS) is 11.2. The van der Waals surface area contributed by atoms with Crippen LogP contribution in [0.3, 0.4) is 0 Å². The molecule has 0 saturated carbocycles. The first-order chi connectivity index (χ1) is 16.7. The molecule has 1 aromatic heterocycles. The van der Waals surface area contributed by atoms with Crippen molar-refractivity contribution in [3.05, 3.63) is 93.6 Å². The first-order valence-electron chi connectivity index (χ1n) is 11.4. The molecule has 1 N–H and O–H groups in total. The smallest absolute Gasteiger partial charge is 0.291 e. The maximum Gasteiger partial charge on any atom is 0.295 e. The number of carbonyl (C=O) groups is 1. The summed E-state index contributed by atoms with van der Waals surface area (Å²) in [5.74, 6) is 0.438. The highest BCUT2D eigenvalue weighted by atomic mass is 35.5. The first kappa shape index (κ1) is 25.0. The van der Waals surface area contributed by atoms with Crippen LogP contribution >= 0.6 is 23.2 Å². The van der Waals surface area contributed by atoms with Crippen molar-refractivity contribution in [2.45, 2.75) is 27.7 Å². The quantitative estimate of drug-likeness (QED) is 0.264. The second kappa shape index (κ2) is 10.6. The zero-order valence-corrected chi connectivity index (χ0v) is 21.6. The third-order valence-corrected chi connectivity index (χ3v) is 5.93. The van der Waals surface area contributed by atoms with E-state index in [-0.39, 0.29) is 11.6 Å². The molecule has 0 atom stereocenters. The number of amides is 1. The van der Waals surface area contributed by atoms with E-state index in [9.17, 15) is 4.79 Å². The van der Waals surface area contributed by atoms with E-state index in [0.717, 1.165) is 27.9 Å². The molecule has 0 fully saturated rings. The Kier molecular flexibility index (Phi) is 7.60. The minimum absolute atomic E-state index is 0.229. The number of nitrogens with one attached hydrogen (secondary N) is 1. The number of hydrogen-bond donors (Lipinski definition) is 1. The summed E-state index contributed by atoms with van der Waals surface area (Å²) in [5, 5.41) is 1.13. The second-order valence-electron chi connectivity index (χ2n) is 8.91. The van der Waals surface area contributed by atoms with Gasteiger partial charge in [0.25, 0.3) is 5.91 Å². The van der Waals surface area contributed by atoms with Crippen LogP contribution in [-0.2, 0) is 4.84 Å². The molecule has 1 heterocycles. The van der Waals surface area contributed by atoms with E-state index in [1.54, 1.807) is 6.07 Å². The molecule has 4 aromatic rings. The standard InChI is InChI=1S/C28H27Cl2N3O2/c1-17(2)16-35-32-28(34)25-26(20-8-6-10-22(29)14-20)33(24-15-23(30)12-11-19(24)4)27(31-25)21-9-5-7-18(3)13-21/h5-15,17H,16H2,1-4H3,(H,32,34). The van der Waals surface area contributed by atoms with Crippen molar-refractivity contribution >= 4 is 29.1 Å². The van der Waals surface area contributed by atoms with Gasteiger partial charge in [0.05, 0.1) is 18.0 Å². The second-order valence-corrected chi connectivity index (χ2v) is 9.79. The van der Waals surface area contributed by atoms with Gasteiger partial charge in [0.15, 0.2) is 5.69 Å². The third-order valence-electron chi connectivity index (χ3n) is 5.46. The van der Waals surface area contributed by atoms with Gasteiger partial charge in [0.1, 0.15) is 5.82 Å². The van der Waals surface area contributed by atoms with Crippen LogP contribution in [0.2, 0.25) is 10.0 Å². The molecule has 35 heavy (non-hydrogen) atoms. The molecular formula is C28H27Cl2N3O2. The number of benzene rings is 3. The number of imidazole rings is 1. The SMILES string of the molecule is Cc1cccc(-c2nc(C(=O)NOCC(C)C)c(-c3cccc(Cl)c3)n2-c2cc(Cl)ccc2C)c1. The van der Waals surface area contributed by atoms with E-state index in [1.807, 2.05) is 92.9 Å². The summed E-state index contributed by atoms with van der Waals surface area (Å²) in [4.78, 5) is 23.7. The molecule has 0 aliphatic carbocycles. The lowest BCUT2D eigenvalue weighted by Gasteiger charge is -2.16. The van der Waals surface area contributed by atoms with E-state index in [4.69, 9.17) is 33.0 Å². The van der Waals surface area contributed by atoms with Gasteiger partial charge in [0, 0.05) is 21.2 Å². The van der Waals surface area contributed by atoms with Gasteiger partial charge >= 0.3 is 0 Å². The molecule has 7 heteroatoms. The molecule has 0 bridgehead atoms. The Bertz CT molecular complexity index is 1380. The van der Waals surface area contributed by atoms with Crippen molar-refractivity contribution in [1.29, 1.82) is 0 Å². The van der Waals surface area contributed by atoms with Crippen LogP contribution < -0.4 is 5.48 Å². The summed E-state index contributed by atoms with van der Waals surface area (Å²) in [5.41, 5.74) is 7.88. The Labute approximate surface area is 215 Å². The highest BCUT2D eigenvalue weighted by molar-refractivity contribution is 6.31. The number of aryl methyl sites for hydroxylation is 2. The fourth-order valence-electron chi connectivity index (χ4n) is 3.84. The van der Waals surface area contributed by atoms with Crippen molar-refractivity contribution in [2.24, 2.45) is 5.92 Å².